The minimum atomic E-state index is -0.790. The van der Waals surface area contributed by atoms with Gasteiger partial charge in [0.15, 0.2) is 0 Å². The van der Waals surface area contributed by atoms with Crippen LogP contribution in [0.1, 0.15) is 51.9 Å². The lowest BCUT2D eigenvalue weighted by Crippen LogP contribution is -2.44. The molecule has 1 saturated carbocycles. The van der Waals surface area contributed by atoms with E-state index in [2.05, 4.69) is 22.6 Å². The molecule has 0 saturated heterocycles. The summed E-state index contributed by atoms with van der Waals surface area (Å²) in [5, 5.41) is 14.3. The predicted molar refractivity (Wildman–Crippen MR) is 82.4 cm³/mol. The van der Waals surface area contributed by atoms with Crippen molar-refractivity contribution in [3.63, 3.8) is 0 Å². The van der Waals surface area contributed by atoms with Crippen LogP contribution in [0.2, 0.25) is 0 Å². The number of urea groups is 1. The van der Waals surface area contributed by atoms with E-state index in [1.54, 1.807) is 0 Å². The molecule has 0 aromatic rings. The third kappa shape index (κ3) is 7.90. The molecule has 0 heterocycles. The molecule has 0 aromatic heterocycles. The molecule has 6 nitrogen and oxygen atoms in total. The number of carboxylic acids is 1. The van der Waals surface area contributed by atoms with Crippen molar-refractivity contribution in [1.29, 1.82) is 0 Å². The van der Waals surface area contributed by atoms with Gasteiger partial charge in [-0.25, -0.2) is 4.79 Å². The molecular formula is C15H29N3O3. The molecule has 1 aliphatic rings. The highest BCUT2D eigenvalue weighted by Crippen LogP contribution is 2.21. The molecule has 2 amide bonds. The Bertz CT molecular complexity index is 330. The van der Waals surface area contributed by atoms with Gasteiger partial charge >= 0.3 is 12.0 Å². The van der Waals surface area contributed by atoms with Gasteiger partial charge in [-0.15, -0.1) is 0 Å². The smallest absolute Gasteiger partial charge is 0.315 e. The Morgan fingerprint density at radius 3 is 2.62 bits per heavy atom. The Morgan fingerprint density at radius 2 is 2.00 bits per heavy atom. The first-order valence-electron chi connectivity index (χ1n) is 7.95. The van der Waals surface area contributed by atoms with Crippen LogP contribution in [0.3, 0.4) is 0 Å². The molecule has 1 fully saturated rings. The molecule has 6 heteroatoms. The number of carbonyl (C=O) groups is 2. The maximum atomic E-state index is 11.7. The molecule has 0 radical (unpaired) electrons. The quantitative estimate of drug-likeness (QED) is 0.606. The zero-order chi connectivity index (χ0) is 15.7. The second-order valence-corrected chi connectivity index (χ2v) is 6.01. The maximum Gasteiger partial charge on any atom is 0.315 e. The van der Waals surface area contributed by atoms with E-state index in [0.717, 1.165) is 6.54 Å². The SMILES string of the molecule is CC(CCCC(=O)O)NC(=O)NCCN(C)C1CCCC1. The lowest BCUT2D eigenvalue weighted by atomic mass is 10.1. The van der Waals surface area contributed by atoms with Gasteiger partial charge in [0, 0.05) is 31.6 Å². The fourth-order valence-corrected chi connectivity index (χ4v) is 2.78. The topological polar surface area (TPSA) is 81.7 Å². The molecule has 21 heavy (non-hydrogen) atoms. The predicted octanol–water partition coefficient (Wildman–Crippen LogP) is 1.80. The van der Waals surface area contributed by atoms with Crippen molar-refractivity contribution in [2.75, 3.05) is 20.1 Å². The normalized spacial score (nSPS) is 16.9. The first kappa shape index (κ1) is 17.8. The molecule has 0 spiro atoms. The Labute approximate surface area is 127 Å². The number of amides is 2. The van der Waals surface area contributed by atoms with Crippen LogP contribution in [0.4, 0.5) is 4.79 Å². The van der Waals surface area contributed by atoms with Crippen molar-refractivity contribution in [1.82, 2.24) is 15.5 Å². The average molecular weight is 299 g/mol. The van der Waals surface area contributed by atoms with Crippen molar-refractivity contribution < 1.29 is 14.7 Å². The summed E-state index contributed by atoms with van der Waals surface area (Å²) < 4.78 is 0. The summed E-state index contributed by atoms with van der Waals surface area (Å²) in [4.78, 5) is 24.4. The van der Waals surface area contributed by atoms with Gasteiger partial charge in [0.2, 0.25) is 0 Å². The molecular weight excluding hydrogens is 270 g/mol. The van der Waals surface area contributed by atoms with E-state index in [-0.39, 0.29) is 18.5 Å². The van der Waals surface area contributed by atoms with Gasteiger partial charge in [0.25, 0.3) is 0 Å². The van der Waals surface area contributed by atoms with Gasteiger partial charge in [-0.3, -0.25) is 4.79 Å². The Kier molecular flexibility index (Phi) is 8.12. The standard InChI is InChI=1S/C15H29N3O3/c1-12(6-5-9-14(19)20)17-15(21)16-10-11-18(2)13-7-3-4-8-13/h12-13H,3-11H2,1-2H3,(H,19,20)(H2,16,17,21). The van der Waals surface area contributed by atoms with Crippen LogP contribution in [-0.2, 0) is 4.79 Å². The van der Waals surface area contributed by atoms with Crippen LogP contribution in [0.25, 0.3) is 0 Å². The summed E-state index contributed by atoms with van der Waals surface area (Å²) >= 11 is 0. The van der Waals surface area contributed by atoms with Crippen LogP contribution in [0, 0.1) is 0 Å². The fraction of sp³-hybridized carbons (Fsp3) is 0.867. The van der Waals surface area contributed by atoms with Gasteiger partial charge in [0.05, 0.1) is 0 Å². The van der Waals surface area contributed by atoms with Crippen molar-refractivity contribution in [3.8, 4) is 0 Å². The number of nitrogens with one attached hydrogen (secondary N) is 2. The van der Waals surface area contributed by atoms with Gasteiger partial charge in [-0.2, -0.15) is 0 Å². The van der Waals surface area contributed by atoms with E-state index in [4.69, 9.17) is 5.11 Å². The van der Waals surface area contributed by atoms with Crippen LogP contribution in [-0.4, -0.2) is 54.2 Å². The monoisotopic (exact) mass is 299 g/mol. The summed E-state index contributed by atoms with van der Waals surface area (Å²) in [6.07, 6.45) is 6.59. The van der Waals surface area contributed by atoms with E-state index >= 15 is 0 Å². The second-order valence-electron chi connectivity index (χ2n) is 6.01. The summed E-state index contributed by atoms with van der Waals surface area (Å²) in [5.41, 5.74) is 0. The molecule has 3 N–H and O–H groups in total. The molecule has 0 aromatic carbocycles. The molecule has 0 bridgehead atoms. The number of carboxylic acid groups (broad SMARTS) is 1. The summed E-state index contributed by atoms with van der Waals surface area (Å²) in [6, 6.07) is 0.499. The van der Waals surface area contributed by atoms with Crippen LogP contribution in [0.5, 0.6) is 0 Å². The third-order valence-corrected chi connectivity index (χ3v) is 4.10. The van der Waals surface area contributed by atoms with Gasteiger partial charge in [0.1, 0.15) is 0 Å². The summed E-state index contributed by atoms with van der Waals surface area (Å²) in [5.74, 6) is -0.790. The number of nitrogens with zero attached hydrogens (tertiary/aromatic N) is 1. The third-order valence-electron chi connectivity index (χ3n) is 4.10. The Hall–Kier alpha value is -1.30. The number of hydrogen-bond donors (Lipinski definition) is 3. The fourth-order valence-electron chi connectivity index (χ4n) is 2.78. The Morgan fingerprint density at radius 1 is 1.33 bits per heavy atom. The molecule has 122 valence electrons. The lowest BCUT2D eigenvalue weighted by molar-refractivity contribution is -0.137. The number of rotatable bonds is 9. The second kappa shape index (κ2) is 9.60. The first-order valence-corrected chi connectivity index (χ1v) is 7.95. The molecule has 0 aliphatic heterocycles. The minimum Gasteiger partial charge on any atom is -0.481 e. The number of aliphatic carboxylic acids is 1. The highest BCUT2D eigenvalue weighted by atomic mass is 16.4. The number of carbonyl (C=O) groups excluding carboxylic acids is 1. The van der Waals surface area contributed by atoms with Crippen molar-refractivity contribution in [2.24, 2.45) is 0 Å². The zero-order valence-electron chi connectivity index (χ0n) is 13.2. The minimum absolute atomic E-state index is 0.00286. The van der Waals surface area contributed by atoms with Crippen molar-refractivity contribution >= 4 is 12.0 Å². The summed E-state index contributed by atoms with van der Waals surface area (Å²) in [7, 11) is 2.12. The molecule has 1 atom stereocenters. The first-order chi connectivity index (χ1) is 9.99. The van der Waals surface area contributed by atoms with Crippen molar-refractivity contribution in [2.45, 2.75) is 64.0 Å². The molecule has 1 aliphatic carbocycles. The summed E-state index contributed by atoms with van der Waals surface area (Å²) in [6.45, 7) is 3.40. The van der Waals surface area contributed by atoms with E-state index in [1.807, 2.05) is 6.92 Å². The highest BCUT2D eigenvalue weighted by molar-refractivity contribution is 5.74. The van der Waals surface area contributed by atoms with Crippen LogP contribution < -0.4 is 10.6 Å². The Balaban J connectivity index is 2.05. The van der Waals surface area contributed by atoms with Gasteiger partial charge in [-0.1, -0.05) is 12.8 Å². The van der Waals surface area contributed by atoms with E-state index in [0.29, 0.717) is 25.4 Å². The largest absolute Gasteiger partial charge is 0.481 e. The van der Waals surface area contributed by atoms with E-state index < -0.39 is 5.97 Å². The number of likely N-dealkylation sites (N-methyl/N-ethyl adjacent to an activating group) is 1. The molecule has 1 unspecified atom stereocenters. The maximum absolute atomic E-state index is 11.7. The zero-order valence-corrected chi connectivity index (χ0v) is 13.2. The highest BCUT2D eigenvalue weighted by Gasteiger charge is 2.19. The molecule has 1 rings (SSSR count). The van der Waals surface area contributed by atoms with Gasteiger partial charge < -0.3 is 20.6 Å². The lowest BCUT2D eigenvalue weighted by Gasteiger charge is -2.24. The van der Waals surface area contributed by atoms with E-state index in [1.165, 1.54) is 25.7 Å². The van der Waals surface area contributed by atoms with Crippen molar-refractivity contribution in [3.05, 3.63) is 0 Å². The number of hydrogen-bond acceptors (Lipinski definition) is 3. The van der Waals surface area contributed by atoms with E-state index in [9.17, 15) is 9.59 Å². The van der Waals surface area contributed by atoms with Gasteiger partial charge in [-0.05, 0) is 39.7 Å². The average Bonchev–Trinajstić information content (AvgIpc) is 2.91. The van der Waals surface area contributed by atoms with Crippen LogP contribution in [0.15, 0.2) is 0 Å². The van der Waals surface area contributed by atoms with Crippen LogP contribution >= 0.6 is 0 Å².